The fraction of sp³-hybridized carbons (Fsp3) is 0.160. The summed E-state index contributed by atoms with van der Waals surface area (Å²) < 4.78 is 0. The van der Waals surface area contributed by atoms with Gasteiger partial charge < -0.3 is 20.4 Å². The molecule has 1 amide bonds. The Bertz CT molecular complexity index is 1490. The van der Waals surface area contributed by atoms with Gasteiger partial charge in [-0.25, -0.2) is 9.97 Å². The van der Waals surface area contributed by atoms with Gasteiger partial charge in [0.1, 0.15) is 11.5 Å². The van der Waals surface area contributed by atoms with Crippen LogP contribution in [0.2, 0.25) is 0 Å². The first kappa shape index (κ1) is 20.8. The minimum Gasteiger partial charge on any atom is -0.411 e. The van der Waals surface area contributed by atoms with Crippen LogP contribution in [-0.2, 0) is 0 Å². The molecule has 4 aromatic rings. The predicted molar refractivity (Wildman–Crippen MR) is 132 cm³/mol. The molecular weight excluding hydrogens is 444 g/mol. The van der Waals surface area contributed by atoms with Gasteiger partial charge in [-0.2, -0.15) is 5.10 Å². The number of carbonyl (C=O) groups excluding carboxylic acids is 1. The van der Waals surface area contributed by atoms with Gasteiger partial charge in [0.15, 0.2) is 5.82 Å². The first-order chi connectivity index (χ1) is 17.2. The first-order valence-electron chi connectivity index (χ1n) is 11.3. The third-order valence-electron chi connectivity index (χ3n) is 6.21. The molecule has 10 nitrogen and oxygen atoms in total. The standard InChI is InChI=1S/C25H22N8O2/c34-25(33-13-20(14-33)32-35)22-9-16-1-2-17(10-21(16)30-22)24-26-8-7-23(31-24)29-19-5-3-15(4-6-19)18-11-27-28-12-18/h1-5,7-12,19,30,35H,6,13-14H2,(H,27,28)(H,26,29,31). The Labute approximate surface area is 200 Å². The number of hydrogen-bond acceptors (Lipinski definition) is 7. The molecule has 4 N–H and O–H groups in total. The number of fused-ring (bicyclic) bond motifs is 1. The van der Waals surface area contributed by atoms with Crippen molar-refractivity contribution >= 4 is 33.9 Å². The Morgan fingerprint density at radius 3 is 2.89 bits per heavy atom. The summed E-state index contributed by atoms with van der Waals surface area (Å²) >= 11 is 0. The van der Waals surface area contributed by atoms with Crippen LogP contribution in [-0.4, -0.2) is 66.0 Å². The number of oxime groups is 1. The number of benzene rings is 1. The molecule has 1 fully saturated rings. The topological polar surface area (TPSA) is 135 Å². The minimum atomic E-state index is -0.122. The van der Waals surface area contributed by atoms with Crippen molar-refractivity contribution < 1.29 is 10.0 Å². The van der Waals surface area contributed by atoms with Gasteiger partial charge in [0.05, 0.1) is 25.0 Å². The summed E-state index contributed by atoms with van der Waals surface area (Å²) in [5.41, 5.74) is 4.99. The van der Waals surface area contributed by atoms with Crippen molar-refractivity contribution in [2.75, 3.05) is 18.4 Å². The Kier molecular flexibility index (Phi) is 5.10. The van der Waals surface area contributed by atoms with Crippen LogP contribution in [0.15, 0.2) is 72.3 Å². The molecule has 1 aliphatic carbocycles. The van der Waals surface area contributed by atoms with Crippen molar-refractivity contribution in [1.29, 1.82) is 0 Å². The summed E-state index contributed by atoms with van der Waals surface area (Å²) in [6.45, 7) is 0.695. The Morgan fingerprint density at radius 2 is 2.11 bits per heavy atom. The normalized spacial score (nSPS) is 17.3. The molecule has 0 bridgehead atoms. The summed E-state index contributed by atoms with van der Waals surface area (Å²) in [4.78, 5) is 26.6. The van der Waals surface area contributed by atoms with E-state index < -0.39 is 0 Å². The van der Waals surface area contributed by atoms with Crippen molar-refractivity contribution in [2.45, 2.75) is 12.5 Å². The maximum absolute atomic E-state index is 12.6. The Morgan fingerprint density at radius 1 is 1.20 bits per heavy atom. The van der Waals surface area contributed by atoms with Gasteiger partial charge in [-0.15, -0.1) is 0 Å². The summed E-state index contributed by atoms with van der Waals surface area (Å²) in [5.74, 6) is 1.22. The zero-order valence-corrected chi connectivity index (χ0v) is 18.6. The van der Waals surface area contributed by atoms with E-state index in [0.29, 0.717) is 30.3 Å². The number of hydrogen-bond donors (Lipinski definition) is 4. The quantitative estimate of drug-likeness (QED) is 0.263. The molecule has 0 saturated carbocycles. The Hall–Kier alpha value is -4.73. The third kappa shape index (κ3) is 4.05. The van der Waals surface area contributed by atoms with E-state index in [4.69, 9.17) is 10.2 Å². The number of nitrogens with zero attached hydrogens (tertiary/aromatic N) is 5. The van der Waals surface area contributed by atoms with Crippen LogP contribution < -0.4 is 5.32 Å². The number of H-pyrrole nitrogens is 2. The summed E-state index contributed by atoms with van der Waals surface area (Å²) in [6.07, 6.45) is 12.7. The molecule has 6 rings (SSSR count). The van der Waals surface area contributed by atoms with Gasteiger partial charge in [0, 0.05) is 40.5 Å². The van der Waals surface area contributed by atoms with Gasteiger partial charge in [0.25, 0.3) is 5.91 Å². The second-order valence-corrected chi connectivity index (χ2v) is 8.57. The molecular formula is C25H22N8O2. The molecule has 2 aliphatic rings. The van der Waals surface area contributed by atoms with E-state index in [-0.39, 0.29) is 11.9 Å². The number of nitrogens with one attached hydrogen (secondary N) is 3. The third-order valence-corrected chi connectivity index (χ3v) is 6.21. The molecule has 0 radical (unpaired) electrons. The molecule has 3 aromatic heterocycles. The van der Waals surface area contributed by atoms with Crippen molar-refractivity contribution in [1.82, 2.24) is 30.0 Å². The molecule has 1 unspecified atom stereocenters. The average Bonchev–Trinajstić information content (AvgIpc) is 3.54. The Balaban J connectivity index is 1.17. The largest absolute Gasteiger partial charge is 0.411 e. The molecule has 10 heteroatoms. The summed E-state index contributed by atoms with van der Waals surface area (Å²) in [5, 5.41) is 23.2. The number of rotatable bonds is 5. The van der Waals surface area contributed by atoms with Gasteiger partial charge in [-0.1, -0.05) is 35.5 Å². The molecule has 4 heterocycles. The zero-order valence-electron chi connectivity index (χ0n) is 18.6. The number of aromatic nitrogens is 5. The van der Waals surface area contributed by atoms with Crippen LogP contribution in [0.5, 0.6) is 0 Å². The lowest BCUT2D eigenvalue weighted by atomic mass is 9.99. The van der Waals surface area contributed by atoms with Crippen molar-refractivity contribution in [3.05, 3.63) is 78.4 Å². The molecule has 1 aromatic carbocycles. The van der Waals surface area contributed by atoms with E-state index in [1.54, 1.807) is 11.1 Å². The lowest BCUT2D eigenvalue weighted by Crippen LogP contribution is -2.50. The summed E-state index contributed by atoms with van der Waals surface area (Å²) in [7, 11) is 0. The van der Waals surface area contributed by atoms with E-state index in [1.165, 1.54) is 0 Å². The van der Waals surface area contributed by atoms with Gasteiger partial charge in [-0.3, -0.25) is 9.89 Å². The van der Waals surface area contributed by atoms with Crippen LogP contribution in [0.25, 0.3) is 27.9 Å². The number of allylic oxidation sites excluding steroid dienone is 2. The van der Waals surface area contributed by atoms with Gasteiger partial charge in [-0.05, 0) is 30.2 Å². The molecule has 174 valence electrons. The van der Waals surface area contributed by atoms with E-state index in [2.05, 4.69) is 48.9 Å². The number of amides is 1. The van der Waals surface area contributed by atoms with Crippen molar-refractivity contribution in [3.8, 4) is 11.4 Å². The lowest BCUT2D eigenvalue weighted by Gasteiger charge is -2.31. The monoisotopic (exact) mass is 466 g/mol. The highest BCUT2D eigenvalue weighted by Gasteiger charge is 2.28. The fourth-order valence-corrected chi connectivity index (χ4v) is 4.27. The SMILES string of the molecule is O=C(c1cc2ccc(-c3nccc(NC4C=CC(c5cn[nH]c5)=CC4)n3)cc2[nH]1)N1CC(=NO)C1. The van der Waals surface area contributed by atoms with E-state index in [0.717, 1.165) is 39.8 Å². The summed E-state index contributed by atoms with van der Waals surface area (Å²) in [6, 6.07) is 9.66. The second-order valence-electron chi connectivity index (χ2n) is 8.57. The van der Waals surface area contributed by atoms with Crippen LogP contribution >= 0.6 is 0 Å². The second kappa shape index (κ2) is 8.56. The van der Waals surface area contributed by atoms with E-state index >= 15 is 0 Å². The molecule has 35 heavy (non-hydrogen) atoms. The highest BCUT2D eigenvalue weighted by molar-refractivity contribution is 6.06. The lowest BCUT2D eigenvalue weighted by molar-refractivity contribution is 0.0760. The number of carbonyl (C=O) groups is 1. The predicted octanol–water partition coefficient (Wildman–Crippen LogP) is 3.46. The first-order valence-corrected chi connectivity index (χ1v) is 11.3. The molecule has 0 spiro atoms. The maximum atomic E-state index is 12.6. The molecule has 1 saturated heterocycles. The minimum absolute atomic E-state index is 0.122. The number of aromatic amines is 2. The van der Waals surface area contributed by atoms with E-state index in [1.807, 2.05) is 42.7 Å². The smallest absolute Gasteiger partial charge is 0.270 e. The number of anilines is 1. The number of likely N-dealkylation sites (tertiary alicyclic amines) is 1. The molecule has 1 aliphatic heterocycles. The zero-order chi connectivity index (χ0) is 23.8. The maximum Gasteiger partial charge on any atom is 0.270 e. The van der Waals surface area contributed by atoms with Gasteiger partial charge >= 0.3 is 0 Å². The van der Waals surface area contributed by atoms with Crippen molar-refractivity contribution in [3.63, 3.8) is 0 Å². The fourth-order valence-electron chi connectivity index (χ4n) is 4.27. The van der Waals surface area contributed by atoms with Gasteiger partial charge in [0.2, 0.25) is 0 Å². The van der Waals surface area contributed by atoms with Crippen LogP contribution in [0.4, 0.5) is 5.82 Å². The van der Waals surface area contributed by atoms with E-state index in [9.17, 15) is 4.79 Å². The van der Waals surface area contributed by atoms with Crippen LogP contribution in [0.1, 0.15) is 22.5 Å². The average molecular weight is 467 g/mol. The van der Waals surface area contributed by atoms with Crippen LogP contribution in [0.3, 0.4) is 0 Å². The van der Waals surface area contributed by atoms with Crippen LogP contribution in [0, 0.1) is 0 Å². The molecule has 1 atom stereocenters. The highest BCUT2D eigenvalue weighted by Crippen LogP contribution is 2.26. The van der Waals surface area contributed by atoms with Crippen molar-refractivity contribution in [2.24, 2.45) is 5.16 Å². The highest BCUT2D eigenvalue weighted by atomic mass is 16.4.